The highest BCUT2D eigenvalue weighted by Gasteiger charge is 2.26. The highest BCUT2D eigenvalue weighted by Crippen LogP contribution is 2.20. The molecule has 1 heterocycles. The number of rotatable bonds is 5. The highest BCUT2D eigenvalue weighted by atomic mass is 16.5. The molecule has 0 saturated carbocycles. The zero-order valence-electron chi connectivity index (χ0n) is 10.6. The van der Waals surface area contributed by atoms with Gasteiger partial charge in [0, 0.05) is 6.20 Å². The fourth-order valence-electron chi connectivity index (χ4n) is 1.67. The molecular weight excluding hydrogens is 220 g/mol. The number of aromatic nitrogens is 2. The van der Waals surface area contributed by atoms with E-state index >= 15 is 0 Å². The molecule has 1 aromatic heterocycles. The van der Waals surface area contributed by atoms with Gasteiger partial charge in [0.1, 0.15) is 5.69 Å². The van der Waals surface area contributed by atoms with E-state index in [1.54, 1.807) is 20.0 Å². The van der Waals surface area contributed by atoms with E-state index in [2.05, 4.69) is 5.10 Å². The van der Waals surface area contributed by atoms with Crippen molar-refractivity contribution in [2.75, 3.05) is 6.61 Å². The van der Waals surface area contributed by atoms with Gasteiger partial charge < -0.3 is 4.74 Å². The lowest BCUT2D eigenvalue weighted by atomic mass is 10.1. The first kappa shape index (κ1) is 13.4. The maximum Gasteiger partial charge on any atom is 0.331 e. The summed E-state index contributed by atoms with van der Waals surface area (Å²) in [4.78, 5) is 22.6. The molecule has 0 N–H and O–H groups in total. The van der Waals surface area contributed by atoms with Gasteiger partial charge in [-0.2, -0.15) is 5.10 Å². The van der Waals surface area contributed by atoms with Crippen molar-refractivity contribution in [1.82, 2.24) is 9.78 Å². The largest absolute Gasteiger partial charge is 0.464 e. The fraction of sp³-hybridized carbons (Fsp3) is 0.583. The molecule has 0 bridgehead atoms. The summed E-state index contributed by atoms with van der Waals surface area (Å²) < 4.78 is 6.53. The molecule has 0 aliphatic heterocycles. The SMILES string of the molecule is CCOC(=O)C(C(C)C)n1cc(C)c(C=O)n1. The lowest BCUT2D eigenvalue weighted by Gasteiger charge is -2.19. The quantitative estimate of drug-likeness (QED) is 0.579. The Balaban J connectivity index is 3.05. The van der Waals surface area contributed by atoms with Crippen LogP contribution in [0.2, 0.25) is 0 Å². The standard InChI is InChI=1S/C12H18N2O3/c1-5-17-12(16)11(8(2)3)14-6-9(4)10(7-15)13-14/h6-8,11H,5H2,1-4H3. The minimum atomic E-state index is -0.484. The van der Waals surface area contributed by atoms with Crippen LogP contribution in [0.1, 0.15) is 42.9 Å². The molecule has 5 heteroatoms. The van der Waals surface area contributed by atoms with Gasteiger partial charge >= 0.3 is 5.97 Å². The van der Waals surface area contributed by atoms with Gasteiger partial charge in [0.25, 0.3) is 0 Å². The highest BCUT2D eigenvalue weighted by molar-refractivity contribution is 5.76. The van der Waals surface area contributed by atoms with Gasteiger partial charge in [-0.05, 0) is 25.3 Å². The molecule has 0 aliphatic carbocycles. The number of aryl methyl sites for hydroxylation is 1. The molecule has 0 aliphatic rings. The Bertz CT molecular complexity index is 410. The zero-order valence-corrected chi connectivity index (χ0v) is 10.6. The van der Waals surface area contributed by atoms with Crippen molar-refractivity contribution >= 4 is 12.3 Å². The van der Waals surface area contributed by atoms with Gasteiger partial charge in [0.05, 0.1) is 6.61 Å². The van der Waals surface area contributed by atoms with Crippen LogP contribution < -0.4 is 0 Å². The van der Waals surface area contributed by atoms with Crippen molar-refractivity contribution in [3.8, 4) is 0 Å². The number of aldehydes is 1. The smallest absolute Gasteiger partial charge is 0.331 e. The summed E-state index contributed by atoms with van der Waals surface area (Å²) in [5, 5.41) is 4.10. The summed E-state index contributed by atoms with van der Waals surface area (Å²) in [6.07, 6.45) is 2.39. The molecule has 1 rings (SSSR count). The van der Waals surface area contributed by atoms with Crippen LogP contribution in [0.5, 0.6) is 0 Å². The average molecular weight is 238 g/mol. The Morgan fingerprint density at radius 3 is 2.65 bits per heavy atom. The lowest BCUT2D eigenvalue weighted by Crippen LogP contribution is -2.27. The first-order valence-electron chi connectivity index (χ1n) is 5.68. The van der Waals surface area contributed by atoms with E-state index in [0.29, 0.717) is 18.6 Å². The second-order valence-electron chi connectivity index (χ2n) is 4.24. The van der Waals surface area contributed by atoms with Gasteiger partial charge in [-0.3, -0.25) is 9.48 Å². The van der Waals surface area contributed by atoms with Crippen LogP contribution in [0.3, 0.4) is 0 Å². The van der Waals surface area contributed by atoms with Crippen molar-refractivity contribution in [1.29, 1.82) is 0 Å². The summed E-state index contributed by atoms with van der Waals surface area (Å²) in [6, 6.07) is -0.484. The Morgan fingerprint density at radius 2 is 2.24 bits per heavy atom. The van der Waals surface area contributed by atoms with E-state index in [4.69, 9.17) is 4.74 Å². The van der Waals surface area contributed by atoms with Gasteiger partial charge in [0.15, 0.2) is 12.3 Å². The number of ether oxygens (including phenoxy) is 1. The minimum Gasteiger partial charge on any atom is -0.464 e. The maximum atomic E-state index is 11.8. The monoisotopic (exact) mass is 238 g/mol. The number of hydrogen-bond acceptors (Lipinski definition) is 4. The molecular formula is C12H18N2O3. The molecule has 1 aromatic rings. The van der Waals surface area contributed by atoms with E-state index in [-0.39, 0.29) is 11.9 Å². The van der Waals surface area contributed by atoms with E-state index in [1.165, 1.54) is 4.68 Å². The van der Waals surface area contributed by atoms with Crippen molar-refractivity contribution in [2.24, 2.45) is 5.92 Å². The molecule has 17 heavy (non-hydrogen) atoms. The normalized spacial score (nSPS) is 12.5. The lowest BCUT2D eigenvalue weighted by molar-refractivity contribution is -0.149. The first-order chi connectivity index (χ1) is 8.01. The summed E-state index contributed by atoms with van der Waals surface area (Å²) >= 11 is 0. The van der Waals surface area contributed by atoms with Gasteiger partial charge in [-0.1, -0.05) is 13.8 Å². The fourth-order valence-corrected chi connectivity index (χ4v) is 1.67. The Morgan fingerprint density at radius 1 is 1.59 bits per heavy atom. The Labute approximate surface area is 101 Å². The summed E-state index contributed by atoms with van der Waals surface area (Å²) in [7, 11) is 0. The topological polar surface area (TPSA) is 61.2 Å². The van der Waals surface area contributed by atoms with Crippen LogP contribution in [0.15, 0.2) is 6.20 Å². The van der Waals surface area contributed by atoms with Crippen LogP contribution in [0, 0.1) is 12.8 Å². The first-order valence-corrected chi connectivity index (χ1v) is 5.68. The molecule has 94 valence electrons. The second kappa shape index (κ2) is 5.61. The van der Waals surface area contributed by atoms with Crippen molar-refractivity contribution in [3.05, 3.63) is 17.5 Å². The Kier molecular flexibility index (Phi) is 4.43. The molecule has 0 radical (unpaired) electrons. The van der Waals surface area contributed by atoms with Crippen LogP contribution >= 0.6 is 0 Å². The van der Waals surface area contributed by atoms with Crippen LogP contribution in [0.25, 0.3) is 0 Å². The summed E-state index contributed by atoms with van der Waals surface area (Å²) in [5.41, 5.74) is 1.12. The van der Waals surface area contributed by atoms with Crippen molar-refractivity contribution < 1.29 is 14.3 Å². The summed E-state index contributed by atoms with van der Waals surface area (Å²) in [5.74, 6) is -0.268. The van der Waals surface area contributed by atoms with Gasteiger partial charge in [-0.15, -0.1) is 0 Å². The number of carbonyl (C=O) groups excluding carboxylic acids is 2. The minimum absolute atomic E-state index is 0.0489. The van der Waals surface area contributed by atoms with E-state index < -0.39 is 6.04 Å². The molecule has 0 spiro atoms. The maximum absolute atomic E-state index is 11.8. The molecule has 5 nitrogen and oxygen atoms in total. The van der Waals surface area contributed by atoms with E-state index in [0.717, 1.165) is 5.56 Å². The molecule has 0 amide bonds. The van der Waals surface area contributed by atoms with E-state index in [1.807, 2.05) is 13.8 Å². The van der Waals surface area contributed by atoms with Crippen molar-refractivity contribution in [2.45, 2.75) is 33.7 Å². The van der Waals surface area contributed by atoms with Crippen LogP contribution in [-0.2, 0) is 9.53 Å². The van der Waals surface area contributed by atoms with E-state index in [9.17, 15) is 9.59 Å². The molecule has 0 saturated heterocycles. The van der Waals surface area contributed by atoms with Crippen LogP contribution in [-0.4, -0.2) is 28.6 Å². The molecule has 1 atom stereocenters. The summed E-state index contributed by atoms with van der Waals surface area (Å²) in [6.45, 7) is 7.72. The van der Waals surface area contributed by atoms with Gasteiger partial charge in [-0.25, -0.2) is 4.79 Å². The second-order valence-corrected chi connectivity index (χ2v) is 4.24. The third-order valence-electron chi connectivity index (χ3n) is 2.51. The number of hydrogen-bond donors (Lipinski definition) is 0. The number of nitrogens with zero attached hydrogens (tertiary/aromatic N) is 2. The predicted molar refractivity (Wildman–Crippen MR) is 62.9 cm³/mol. The molecule has 0 aromatic carbocycles. The van der Waals surface area contributed by atoms with Gasteiger partial charge in [0.2, 0.25) is 0 Å². The third-order valence-corrected chi connectivity index (χ3v) is 2.51. The van der Waals surface area contributed by atoms with Crippen molar-refractivity contribution in [3.63, 3.8) is 0 Å². The number of esters is 1. The van der Waals surface area contributed by atoms with Crippen LogP contribution in [0.4, 0.5) is 0 Å². The number of carbonyl (C=O) groups is 2. The Hall–Kier alpha value is -1.65. The zero-order chi connectivity index (χ0) is 13.0. The molecule has 1 unspecified atom stereocenters. The third kappa shape index (κ3) is 2.93. The average Bonchev–Trinajstić information content (AvgIpc) is 2.59. The molecule has 0 fully saturated rings. The predicted octanol–water partition coefficient (Wildman–Crippen LogP) is 1.76.